The number of rotatable bonds is 5. The van der Waals surface area contributed by atoms with E-state index >= 15 is 0 Å². The molecule has 90 valence electrons. The van der Waals surface area contributed by atoms with Crippen molar-refractivity contribution in [2.45, 2.75) is 38.5 Å². The van der Waals surface area contributed by atoms with Crippen LogP contribution < -0.4 is 5.32 Å². The summed E-state index contributed by atoms with van der Waals surface area (Å²) in [6, 6.07) is 10.3. The summed E-state index contributed by atoms with van der Waals surface area (Å²) in [5.74, 6) is 0.677. The van der Waals surface area contributed by atoms with E-state index in [2.05, 4.69) is 56.1 Å². The number of benzene rings is 1. The fourth-order valence-electron chi connectivity index (χ4n) is 2.22. The molecule has 0 aliphatic heterocycles. The van der Waals surface area contributed by atoms with Gasteiger partial charge in [-0.3, -0.25) is 0 Å². The largest absolute Gasteiger partial charge is 0.319 e. The molecular weight excluding hydrogens is 210 g/mol. The molecule has 0 bridgehead atoms. The Morgan fingerprint density at radius 3 is 2.44 bits per heavy atom. The fraction of sp³-hybridized carbons (Fsp3) is 0.571. The second-order valence-electron chi connectivity index (χ2n) is 5.93. The number of likely N-dealkylation sites (N-methyl/N-ethyl adjacent to an activating group) is 1. The normalized spacial score (nSPS) is 13.8. The van der Waals surface area contributed by atoms with Crippen LogP contribution in [0.15, 0.2) is 24.3 Å². The summed E-state index contributed by atoms with van der Waals surface area (Å²) in [5.41, 5.74) is 2.87. The van der Waals surface area contributed by atoms with Crippen LogP contribution in [0.2, 0.25) is 25.7 Å². The van der Waals surface area contributed by atoms with Gasteiger partial charge < -0.3 is 5.32 Å². The van der Waals surface area contributed by atoms with Crippen LogP contribution in [-0.2, 0) is 0 Å². The first-order valence-corrected chi connectivity index (χ1v) is 9.84. The van der Waals surface area contributed by atoms with Gasteiger partial charge in [0.1, 0.15) is 0 Å². The summed E-state index contributed by atoms with van der Waals surface area (Å²) in [5, 5.41) is 3.33. The minimum Gasteiger partial charge on any atom is -0.319 e. The fourth-order valence-corrected chi connectivity index (χ4v) is 4.08. The third kappa shape index (κ3) is 4.50. The van der Waals surface area contributed by atoms with Gasteiger partial charge in [0.05, 0.1) is 0 Å². The van der Waals surface area contributed by atoms with Gasteiger partial charge in [-0.1, -0.05) is 49.5 Å². The molecule has 0 amide bonds. The van der Waals surface area contributed by atoms with Crippen molar-refractivity contribution in [2.75, 3.05) is 13.6 Å². The average Bonchev–Trinajstić information content (AvgIpc) is 2.15. The summed E-state index contributed by atoms with van der Waals surface area (Å²) in [6.45, 7) is 10.6. The maximum Gasteiger partial charge on any atom is 0.0449 e. The van der Waals surface area contributed by atoms with Crippen LogP contribution in [0, 0.1) is 6.92 Å². The van der Waals surface area contributed by atoms with E-state index in [1.165, 1.54) is 17.2 Å². The van der Waals surface area contributed by atoms with Crippen LogP contribution in [0.1, 0.15) is 17.0 Å². The summed E-state index contributed by atoms with van der Waals surface area (Å²) in [4.78, 5) is 0. The van der Waals surface area contributed by atoms with Crippen LogP contribution in [0.3, 0.4) is 0 Å². The van der Waals surface area contributed by atoms with Gasteiger partial charge >= 0.3 is 0 Å². The lowest BCUT2D eigenvalue weighted by molar-refractivity contribution is 0.669. The average molecular weight is 235 g/mol. The number of hydrogen-bond donors (Lipinski definition) is 1. The molecule has 0 fully saturated rings. The highest BCUT2D eigenvalue weighted by Crippen LogP contribution is 2.26. The molecule has 0 aliphatic carbocycles. The Labute approximate surface area is 101 Å². The predicted octanol–water partition coefficient (Wildman–Crippen LogP) is 3.64. The highest BCUT2D eigenvalue weighted by Gasteiger charge is 2.21. The van der Waals surface area contributed by atoms with Gasteiger partial charge in [-0.15, -0.1) is 0 Å². The lowest BCUT2D eigenvalue weighted by Gasteiger charge is -2.25. The summed E-state index contributed by atoms with van der Waals surface area (Å²) in [6.07, 6.45) is 0. The molecule has 1 rings (SSSR count). The minimum absolute atomic E-state index is 0.677. The zero-order valence-corrected chi connectivity index (χ0v) is 12.3. The number of hydrogen-bond acceptors (Lipinski definition) is 1. The summed E-state index contributed by atoms with van der Waals surface area (Å²) in [7, 11) is 1.05. The zero-order valence-electron chi connectivity index (χ0n) is 11.3. The molecule has 1 aromatic carbocycles. The standard InChI is InChI=1S/C14H25NSi/c1-12-7-6-8-13(9-12)14(10-15-2)11-16(3,4)5/h6-9,14-15H,10-11H2,1-5H3. The first-order chi connectivity index (χ1) is 7.42. The second kappa shape index (κ2) is 5.64. The molecule has 1 unspecified atom stereocenters. The molecule has 1 nitrogen and oxygen atoms in total. The Bertz CT molecular complexity index is 328. The van der Waals surface area contributed by atoms with Crippen LogP contribution in [0.4, 0.5) is 0 Å². The van der Waals surface area contributed by atoms with Crippen molar-refractivity contribution in [3.8, 4) is 0 Å². The van der Waals surface area contributed by atoms with Crippen LogP contribution in [0.25, 0.3) is 0 Å². The SMILES string of the molecule is CNCC(C[Si](C)(C)C)c1cccc(C)c1. The van der Waals surface area contributed by atoms with Crippen molar-refractivity contribution in [3.63, 3.8) is 0 Å². The molecule has 1 N–H and O–H groups in total. The van der Waals surface area contributed by atoms with Gasteiger partial charge in [-0.25, -0.2) is 0 Å². The van der Waals surface area contributed by atoms with Gasteiger partial charge in [0.15, 0.2) is 0 Å². The van der Waals surface area contributed by atoms with Gasteiger partial charge in [0, 0.05) is 14.6 Å². The topological polar surface area (TPSA) is 12.0 Å². The van der Waals surface area contributed by atoms with Crippen molar-refractivity contribution in [1.82, 2.24) is 5.32 Å². The van der Waals surface area contributed by atoms with Gasteiger partial charge in [0.25, 0.3) is 0 Å². The van der Waals surface area contributed by atoms with Gasteiger partial charge in [-0.05, 0) is 31.5 Å². The minimum atomic E-state index is -0.998. The van der Waals surface area contributed by atoms with Crippen LogP contribution in [0.5, 0.6) is 0 Å². The Hall–Kier alpha value is -0.603. The molecule has 0 saturated carbocycles. The molecule has 0 aliphatic rings. The summed E-state index contributed by atoms with van der Waals surface area (Å²) >= 11 is 0. The van der Waals surface area contributed by atoms with E-state index < -0.39 is 8.07 Å². The molecule has 0 radical (unpaired) electrons. The zero-order chi connectivity index (χ0) is 12.2. The lowest BCUT2D eigenvalue weighted by Crippen LogP contribution is -2.28. The molecule has 0 saturated heterocycles. The van der Waals surface area contributed by atoms with Crippen LogP contribution in [-0.4, -0.2) is 21.7 Å². The highest BCUT2D eigenvalue weighted by atomic mass is 28.3. The molecule has 0 spiro atoms. The van der Waals surface area contributed by atoms with E-state index in [-0.39, 0.29) is 0 Å². The smallest absolute Gasteiger partial charge is 0.0449 e. The quantitative estimate of drug-likeness (QED) is 0.768. The van der Waals surface area contributed by atoms with E-state index in [0.717, 1.165) is 6.54 Å². The molecule has 1 aromatic rings. The summed E-state index contributed by atoms with van der Waals surface area (Å²) < 4.78 is 0. The van der Waals surface area contributed by atoms with Gasteiger partial charge in [0.2, 0.25) is 0 Å². The van der Waals surface area contributed by atoms with Crippen molar-refractivity contribution in [2.24, 2.45) is 0 Å². The maximum absolute atomic E-state index is 3.33. The Morgan fingerprint density at radius 2 is 1.94 bits per heavy atom. The van der Waals surface area contributed by atoms with E-state index in [1.807, 2.05) is 7.05 Å². The van der Waals surface area contributed by atoms with Crippen molar-refractivity contribution < 1.29 is 0 Å². The second-order valence-corrected chi connectivity index (χ2v) is 11.5. The number of nitrogens with one attached hydrogen (secondary N) is 1. The Balaban J connectivity index is 2.85. The maximum atomic E-state index is 3.33. The Morgan fingerprint density at radius 1 is 1.25 bits per heavy atom. The van der Waals surface area contributed by atoms with Crippen LogP contribution >= 0.6 is 0 Å². The van der Waals surface area contributed by atoms with E-state index in [9.17, 15) is 0 Å². The molecule has 1 atom stereocenters. The highest BCUT2D eigenvalue weighted by molar-refractivity contribution is 6.76. The molecular formula is C14H25NSi. The van der Waals surface area contributed by atoms with Gasteiger partial charge in [-0.2, -0.15) is 0 Å². The molecule has 16 heavy (non-hydrogen) atoms. The first-order valence-electron chi connectivity index (χ1n) is 6.13. The third-order valence-electron chi connectivity index (χ3n) is 2.82. The number of aryl methyl sites for hydroxylation is 1. The third-order valence-corrected chi connectivity index (χ3v) is 4.54. The Kier molecular flexibility index (Phi) is 4.75. The van der Waals surface area contributed by atoms with E-state index in [0.29, 0.717) is 5.92 Å². The first kappa shape index (κ1) is 13.5. The predicted molar refractivity (Wildman–Crippen MR) is 76.0 cm³/mol. The van der Waals surface area contributed by atoms with E-state index in [4.69, 9.17) is 0 Å². The lowest BCUT2D eigenvalue weighted by atomic mass is 9.99. The van der Waals surface area contributed by atoms with Crippen molar-refractivity contribution in [3.05, 3.63) is 35.4 Å². The van der Waals surface area contributed by atoms with Crippen molar-refractivity contribution in [1.29, 1.82) is 0 Å². The molecule has 0 heterocycles. The van der Waals surface area contributed by atoms with Crippen molar-refractivity contribution >= 4 is 8.07 Å². The van der Waals surface area contributed by atoms with E-state index in [1.54, 1.807) is 0 Å². The molecule has 0 aromatic heterocycles. The monoisotopic (exact) mass is 235 g/mol. The molecule has 2 heteroatoms.